The third-order valence-corrected chi connectivity index (χ3v) is 16.6. The number of ether oxygens (including phenoxy) is 2. The zero-order valence-electron chi connectivity index (χ0n) is 38.6. The van der Waals surface area contributed by atoms with Gasteiger partial charge in [-0.2, -0.15) is 0 Å². The van der Waals surface area contributed by atoms with Crippen LogP contribution >= 0.6 is 0 Å². The number of nitro benzene ring substituents is 1. The fraction of sp³-hybridized carbons (Fsp3) is 0.480. The van der Waals surface area contributed by atoms with Crippen LogP contribution in [0.3, 0.4) is 0 Å². The van der Waals surface area contributed by atoms with Crippen LogP contribution in [-0.4, -0.2) is 103 Å². The normalized spacial score (nSPS) is 25.0. The number of aromatic amines is 1. The number of anilines is 2. The Morgan fingerprint density at radius 1 is 1.06 bits per heavy atom. The number of sulfonamides is 1. The largest absolute Gasteiger partial charge is 0.489 e. The summed E-state index contributed by atoms with van der Waals surface area (Å²) in [7, 11) is -4.72. The Morgan fingerprint density at radius 2 is 1.82 bits per heavy atom. The lowest BCUT2D eigenvalue weighted by Gasteiger charge is -2.58. The molecule has 3 atom stereocenters. The molecule has 68 heavy (non-hydrogen) atoms. The number of hydrogen-bond donors (Lipinski definition) is 5. The minimum Gasteiger partial charge on any atom is -0.489 e. The van der Waals surface area contributed by atoms with E-state index in [2.05, 4.69) is 73.2 Å². The number of rotatable bonds is 11. The number of pyridine rings is 1. The Kier molecular flexibility index (Phi) is 12.1. The summed E-state index contributed by atoms with van der Waals surface area (Å²) in [5, 5.41) is 29.9. The van der Waals surface area contributed by atoms with Crippen LogP contribution in [0.2, 0.25) is 0 Å². The number of piperidine rings is 2. The number of nitro groups is 1. The van der Waals surface area contributed by atoms with E-state index in [4.69, 9.17) is 9.47 Å². The second-order valence-corrected chi connectivity index (χ2v) is 21.9. The maximum atomic E-state index is 14.7. The van der Waals surface area contributed by atoms with Crippen LogP contribution in [0.15, 0.2) is 78.0 Å². The van der Waals surface area contributed by atoms with Gasteiger partial charge in [0, 0.05) is 74.8 Å². The first-order chi connectivity index (χ1) is 32.6. The first-order valence-corrected chi connectivity index (χ1v) is 25.3. The van der Waals surface area contributed by atoms with Gasteiger partial charge in [-0.05, 0) is 105 Å². The first kappa shape index (κ1) is 45.9. The second-order valence-electron chi connectivity index (χ2n) is 20.2. The second kappa shape index (κ2) is 17.9. The fourth-order valence-corrected chi connectivity index (χ4v) is 12.4. The Morgan fingerprint density at radius 3 is 2.57 bits per heavy atom. The third kappa shape index (κ3) is 8.98. The minimum atomic E-state index is -4.72. The van der Waals surface area contributed by atoms with Crippen molar-refractivity contribution >= 4 is 44.0 Å². The highest BCUT2D eigenvalue weighted by Crippen LogP contribution is 2.47. The van der Waals surface area contributed by atoms with Gasteiger partial charge >= 0.3 is 0 Å². The molecule has 3 saturated heterocycles. The number of fused-ring (bicyclic) bond motifs is 2. The number of halogens is 1. The standard InChI is InChI=1S/C50H59FN8O8S/c1-30(2)35-6-4-5-7-36(35)39-25-52-17-12-42(39)58-28-50(29-58)15-18-57(19-16-50)32-8-9-37(44(20-32)67-33-21-38-40(51)26-54-47(38)53-24-33)48(60)56-68(64,65)34-22-43(59(62)63)46-45(23-34)66-27-41(55-46)31-10-13-49(3,61)14-11-31/h4-9,20-24,26,30-31,39,41-42,52,55,61H,10-19,25,27-29H2,1-3H3,(H,53,54)(H,56,60)/t31?,39-,41-,42-,49?/m1/s1. The van der Waals surface area contributed by atoms with Crippen LogP contribution in [0.1, 0.15) is 99.0 Å². The molecule has 6 heterocycles. The molecule has 4 aliphatic heterocycles. The highest BCUT2D eigenvalue weighted by molar-refractivity contribution is 7.90. The Hall–Kier alpha value is -5.82. The van der Waals surface area contributed by atoms with E-state index < -0.39 is 42.9 Å². The van der Waals surface area contributed by atoms with E-state index in [1.165, 1.54) is 41.7 Å². The summed E-state index contributed by atoms with van der Waals surface area (Å²) in [6, 6.07) is 17.5. The summed E-state index contributed by atoms with van der Waals surface area (Å²) >= 11 is 0. The van der Waals surface area contributed by atoms with Crippen LogP contribution in [0.4, 0.5) is 21.5 Å². The van der Waals surface area contributed by atoms with E-state index in [9.17, 15) is 32.8 Å². The quantitative estimate of drug-likeness (QED) is 0.0634. The predicted molar refractivity (Wildman–Crippen MR) is 256 cm³/mol. The number of carbonyl (C=O) groups excluding carboxylic acids is 1. The van der Waals surface area contributed by atoms with Gasteiger partial charge < -0.3 is 35.1 Å². The monoisotopic (exact) mass is 950 g/mol. The molecule has 4 fully saturated rings. The van der Waals surface area contributed by atoms with Gasteiger partial charge in [0.05, 0.1) is 38.6 Å². The fourth-order valence-electron chi connectivity index (χ4n) is 11.4. The Balaban J connectivity index is 0.864. The van der Waals surface area contributed by atoms with Gasteiger partial charge in [0.15, 0.2) is 11.4 Å². The number of benzene rings is 3. The van der Waals surface area contributed by atoms with E-state index >= 15 is 0 Å². The van der Waals surface area contributed by atoms with Crippen LogP contribution in [0, 0.1) is 27.3 Å². The summed E-state index contributed by atoms with van der Waals surface area (Å²) in [5.74, 6) is -0.507. The Bertz CT molecular complexity index is 2850. The molecule has 360 valence electrons. The zero-order chi connectivity index (χ0) is 47.5. The summed E-state index contributed by atoms with van der Waals surface area (Å²) in [6.07, 6.45) is 8.18. The van der Waals surface area contributed by atoms with Crippen LogP contribution in [0.5, 0.6) is 17.2 Å². The Labute approximate surface area is 395 Å². The van der Waals surface area contributed by atoms with Crippen LogP contribution in [-0.2, 0) is 10.0 Å². The predicted octanol–water partition coefficient (Wildman–Crippen LogP) is 7.81. The molecule has 1 spiro atoms. The van der Waals surface area contributed by atoms with Crippen molar-refractivity contribution in [2.75, 3.05) is 56.1 Å². The van der Waals surface area contributed by atoms with Crippen LogP contribution < -0.4 is 29.7 Å². The highest BCUT2D eigenvalue weighted by Gasteiger charge is 2.49. The summed E-state index contributed by atoms with van der Waals surface area (Å²) in [6.45, 7) is 12.1. The van der Waals surface area contributed by atoms with Crippen molar-refractivity contribution in [3.05, 3.63) is 106 Å². The lowest BCUT2D eigenvalue weighted by Crippen LogP contribution is -2.65. The first-order valence-electron chi connectivity index (χ1n) is 23.8. The number of likely N-dealkylation sites (tertiary alicyclic amines) is 1. The van der Waals surface area contributed by atoms with Gasteiger partial charge in [-0.1, -0.05) is 38.1 Å². The average molecular weight is 951 g/mol. The van der Waals surface area contributed by atoms with Gasteiger partial charge in [-0.25, -0.2) is 22.5 Å². The van der Waals surface area contributed by atoms with Crippen molar-refractivity contribution in [1.29, 1.82) is 0 Å². The molecule has 5 aliphatic rings. The van der Waals surface area contributed by atoms with Crippen molar-refractivity contribution in [2.45, 2.75) is 100 Å². The number of aromatic nitrogens is 2. The minimum absolute atomic E-state index is 0.0141. The molecule has 1 saturated carbocycles. The van der Waals surface area contributed by atoms with Crippen molar-refractivity contribution in [2.24, 2.45) is 11.3 Å². The molecule has 0 unspecified atom stereocenters. The van der Waals surface area contributed by atoms with Gasteiger partial charge in [0.25, 0.3) is 21.6 Å². The molecule has 18 heteroatoms. The number of H-pyrrole nitrogens is 1. The summed E-state index contributed by atoms with van der Waals surface area (Å²) < 4.78 is 56.9. The molecule has 0 bridgehead atoms. The summed E-state index contributed by atoms with van der Waals surface area (Å²) in [4.78, 5) is 37.2. The lowest BCUT2D eigenvalue weighted by atomic mass is 9.69. The molecular formula is C50H59FN8O8S. The molecule has 5 aromatic rings. The molecular weight excluding hydrogens is 892 g/mol. The van der Waals surface area contributed by atoms with Crippen molar-refractivity contribution < 1.29 is 37.1 Å². The number of nitrogens with zero attached hydrogens (tertiary/aromatic N) is 4. The van der Waals surface area contributed by atoms with E-state index in [1.54, 1.807) is 19.1 Å². The molecule has 16 nitrogen and oxygen atoms in total. The highest BCUT2D eigenvalue weighted by atomic mass is 32.2. The lowest BCUT2D eigenvalue weighted by molar-refractivity contribution is -0.384. The van der Waals surface area contributed by atoms with E-state index in [0.717, 1.165) is 70.3 Å². The topological polar surface area (TPSA) is 204 Å². The SMILES string of the molecule is CC(C)c1ccccc1[C@H]1CNCC[C@H]1N1CC2(CCN(c3ccc(C(=O)NS(=O)(=O)c4cc5c(c([N+](=O)[O-])c4)N[C@@H](C4CCC(C)(O)CC4)CO5)c(Oc4cnc5[nH]cc(F)c5c4)c3)CC2)C1. The number of hydrogen-bond acceptors (Lipinski definition) is 13. The maximum absolute atomic E-state index is 14.7. The average Bonchev–Trinajstić information content (AvgIpc) is 3.69. The van der Waals surface area contributed by atoms with Gasteiger partial charge in [0.2, 0.25) is 0 Å². The molecule has 2 aromatic heterocycles. The zero-order valence-corrected chi connectivity index (χ0v) is 39.4. The van der Waals surface area contributed by atoms with Gasteiger partial charge in [-0.15, -0.1) is 0 Å². The molecule has 1 aliphatic carbocycles. The molecule has 3 aromatic carbocycles. The molecule has 0 radical (unpaired) electrons. The number of nitrogens with one attached hydrogen (secondary N) is 4. The van der Waals surface area contributed by atoms with Crippen molar-refractivity contribution in [3.8, 4) is 17.2 Å². The van der Waals surface area contributed by atoms with Gasteiger partial charge in [0.1, 0.15) is 29.6 Å². The third-order valence-electron chi connectivity index (χ3n) is 15.3. The number of aliphatic hydroxyl groups is 1. The van der Waals surface area contributed by atoms with Crippen molar-refractivity contribution in [3.63, 3.8) is 0 Å². The van der Waals surface area contributed by atoms with E-state index in [-0.39, 0.29) is 57.9 Å². The number of carbonyl (C=O) groups is 1. The smallest absolute Gasteiger partial charge is 0.297 e. The van der Waals surface area contributed by atoms with Gasteiger partial charge in [-0.3, -0.25) is 19.8 Å². The van der Waals surface area contributed by atoms with Crippen molar-refractivity contribution in [1.82, 2.24) is 24.9 Å². The van der Waals surface area contributed by atoms with E-state index in [1.807, 2.05) is 0 Å². The maximum Gasteiger partial charge on any atom is 0.297 e. The van der Waals surface area contributed by atoms with E-state index in [0.29, 0.717) is 49.2 Å². The summed E-state index contributed by atoms with van der Waals surface area (Å²) in [5.41, 5.74) is 2.79. The van der Waals surface area contributed by atoms with Crippen LogP contribution in [0.25, 0.3) is 11.0 Å². The molecule has 10 rings (SSSR count). The number of amides is 1. The molecule has 5 N–H and O–H groups in total. The molecule has 1 amide bonds.